The van der Waals surface area contributed by atoms with Crippen molar-refractivity contribution in [1.82, 2.24) is 0 Å². The van der Waals surface area contributed by atoms with Crippen LogP contribution < -0.4 is 10.9 Å². The van der Waals surface area contributed by atoms with Crippen molar-refractivity contribution >= 4 is 25.2 Å². The van der Waals surface area contributed by atoms with Crippen LogP contribution in [0.5, 0.6) is 0 Å². The van der Waals surface area contributed by atoms with Gasteiger partial charge in [-0.15, -0.1) is 0 Å². The minimum atomic E-state index is -0.322. The Labute approximate surface area is 218 Å². The van der Waals surface area contributed by atoms with Crippen molar-refractivity contribution in [3.05, 3.63) is 59.7 Å². The van der Waals surface area contributed by atoms with Crippen LogP contribution in [0.15, 0.2) is 48.5 Å². The van der Waals surface area contributed by atoms with E-state index in [4.69, 9.17) is 18.6 Å². The van der Waals surface area contributed by atoms with Gasteiger partial charge in [0.25, 0.3) is 0 Å². The summed E-state index contributed by atoms with van der Waals surface area (Å²) in [6.45, 7) is 16.8. The fourth-order valence-corrected chi connectivity index (χ4v) is 5.69. The zero-order valence-electron chi connectivity index (χ0n) is 23.4. The molecule has 1 aliphatic carbocycles. The number of hydrogen-bond donors (Lipinski definition) is 0. The first-order valence-corrected chi connectivity index (χ1v) is 13.7. The minimum Gasteiger partial charge on any atom is -0.399 e. The van der Waals surface area contributed by atoms with Gasteiger partial charge in [0.15, 0.2) is 0 Å². The number of hydrogen-bond acceptors (Lipinski definition) is 4. The van der Waals surface area contributed by atoms with Gasteiger partial charge >= 0.3 is 14.2 Å². The molecule has 2 aromatic carbocycles. The second-order valence-electron chi connectivity index (χ2n) is 13.0. The average molecular weight is 488 g/mol. The van der Waals surface area contributed by atoms with Crippen LogP contribution >= 0.6 is 0 Å². The van der Waals surface area contributed by atoms with Gasteiger partial charge in [0.1, 0.15) is 0 Å². The van der Waals surface area contributed by atoms with Gasteiger partial charge in [-0.3, -0.25) is 0 Å². The fourth-order valence-electron chi connectivity index (χ4n) is 5.69. The van der Waals surface area contributed by atoms with Crippen molar-refractivity contribution in [1.29, 1.82) is 0 Å². The van der Waals surface area contributed by atoms with E-state index >= 15 is 0 Å². The SMILES string of the molecule is CC1(C)OB(c2ccc(C3CCCCC3c3ccc(B4OC(C)(C)C(C)(C)O4)cc3)cc2)OC1(C)C. The molecule has 2 atom stereocenters. The molecule has 5 rings (SSSR count). The van der Waals surface area contributed by atoms with Crippen molar-refractivity contribution < 1.29 is 18.6 Å². The van der Waals surface area contributed by atoms with E-state index in [1.165, 1.54) is 36.8 Å². The Morgan fingerprint density at radius 2 is 0.778 bits per heavy atom. The molecule has 36 heavy (non-hydrogen) atoms. The summed E-state index contributed by atoms with van der Waals surface area (Å²) in [6.07, 6.45) is 5.01. The fraction of sp³-hybridized carbons (Fsp3) is 0.600. The summed E-state index contributed by atoms with van der Waals surface area (Å²) in [7, 11) is -0.623. The second-order valence-corrected chi connectivity index (χ2v) is 13.0. The summed E-state index contributed by atoms with van der Waals surface area (Å²) in [5, 5.41) is 0. The summed E-state index contributed by atoms with van der Waals surface area (Å²) in [4.78, 5) is 0. The lowest BCUT2D eigenvalue weighted by Gasteiger charge is -2.32. The Kier molecular flexibility index (Phi) is 6.52. The quantitative estimate of drug-likeness (QED) is 0.516. The van der Waals surface area contributed by atoms with E-state index < -0.39 is 0 Å². The van der Waals surface area contributed by atoms with Crippen molar-refractivity contribution in [2.45, 2.75) is 115 Å². The van der Waals surface area contributed by atoms with Gasteiger partial charge in [0.2, 0.25) is 0 Å². The van der Waals surface area contributed by atoms with Crippen molar-refractivity contribution in [2.24, 2.45) is 0 Å². The maximum absolute atomic E-state index is 6.26. The largest absolute Gasteiger partial charge is 0.494 e. The highest BCUT2D eigenvalue weighted by atomic mass is 16.7. The van der Waals surface area contributed by atoms with Crippen LogP contribution in [0.4, 0.5) is 0 Å². The lowest BCUT2D eigenvalue weighted by molar-refractivity contribution is 0.00578. The summed E-state index contributed by atoms with van der Waals surface area (Å²) < 4.78 is 25.0. The predicted octanol–water partition coefficient (Wildman–Crippen LogP) is 5.73. The first kappa shape index (κ1) is 26.0. The van der Waals surface area contributed by atoms with E-state index in [2.05, 4.69) is 104 Å². The minimum absolute atomic E-state index is 0.311. The molecule has 3 fully saturated rings. The molecule has 0 amide bonds. The Hall–Kier alpha value is -1.59. The van der Waals surface area contributed by atoms with E-state index in [1.807, 2.05) is 0 Å². The Morgan fingerprint density at radius 3 is 1.06 bits per heavy atom. The molecule has 2 aromatic rings. The molecule has 192 valence electrons. The first-order valence-electron chi connectivity index (χ1n) is 13.7. The van der Waals surface area contributed by atoms with Crippen molar-refractivity contribution in [2.75, 3.05) is 0 Å². The number of rotatable bonds is 4. The highest BCUT2D eigenvalue weighted by molar-refractivity contribution is 6.62. The normalized spacial score (nSPS) is 28.4. The van der Waals surface area contributed by atoms with Crippen LogP contribution in [0, 0.1) is 0 Å². The second kappa shape index (κ2) is 9.01. The molecule has 2 aliphatic heterocycles. The van der Waals surface area contributed by atoms with Gasteiger partial charge in [0, 0.05) is 0 Å². The summed E-state index contributed by atoms with van der Waals surface area (Å²) >= 11 is 0. The summed E-state index contributed by atoms with van der Waals surface area (Å²) in [5.74, 6) is 1.04. The third-order valence-corrected chi connectivity index (χ3v) is 9.55. The molecule has 0 spiro atoms. The Balaban J connectivity index is 1.32. The van der Waals surface area contributed by atoms with E-state index in [1.54, 1.807) is 0 Å². The van der Waals surface area contributed by atoms with E-state index in [0.717, 1.165) is 10.9 Å². The maximum Gasteiger partial charge on any atom is 0.494 e. The summed E-state index contributed by atoms with van der Waals surface area (Å²) in [6, 6.07) is 18.0. The van der Waals surface area contributed by atoms with Gasteiger partial charge in [-0.2, -0.15) is 0 Å². The lowest BCUT2D eigenvalue weighted by atomic mass is 9.70. The van der Waals surface area contributed by atoms with Crippen LogP contribution in [0.25, 0.3) is 0 Å². The molecule has 1 saturated carbocycles. The van der Waals surface area contributed by atoms with Crippen LogP contribution in [0.3, 0.4) is 0 Å². The predicted molar refractivity (Wildman–Crippen MR) is 148 cm³/mol. The Bertz CT molecular complexity index is 956. The van der Waals surface area contributed by atoms with Crippen molar-refractivity contribution in [3.63, 3.8) is 0 Å². The summed E-state index contributed by atoms with van der Waals surface area (Å²) in [5.41, 5.74) is 3.72. The van der Waals surface area contributed by atoms with Gasteiger partial charge in [-0.1, -0.05) is 61.4 Å². The van der Waals surface area contributed by atoms with Crippen molar-refractivity contribution in [3.8, 4) is 0 Å². The van der Waals surface area contributed by atoms with Gasteiger partial charge in [-0.25, -0.2) is 0 Å². The monoisotopic (exact) mass is 488 g/mol. The van der Waals surface area contributed by atoms with Gasteiger partial charge in [-0.05, 0) is 102 Å². The zero-order valence-corrected chi connectivity index (χ0v) is 23.4. The smallest absolute Gasteiger partial charge is 0.399 e. The molecule has 4 nitrogen and oxygen atoms in total. The third kappa shape index (κ3) is 4.60. The molecule has 0 N–H and O–H groups in total. The average Bonchev–Trinajstić information content (AvgIpc) is 3.19. The standard InChI is InChI=1S/C30H42B2O4/c1-27(2)28(3,4)34-31(33-27)23-17-13-21(14-18-23)25-11-9-10-12-26(25)22-15-19-24(20-16-22)32-35-29(5,6)30(7,8)36-32/h13-20,25-26H,9-12H2,1-8H3. The topological polar surface area (TPSA) is 36.9 Å². The highest BCUT2D eigenvalue weighted by Gasteiger charge is 2.52. The van der Waals surface area contributed by atoms with E-state index in [0.29, 0.717) is 11.8 Å². The molecule has 0 radical (unpaired) electrons. The molecule has 0 aromatic heterocycles. The number of benzene rings is 2. The molecule has 0 bridgehead atoms. The molecule has 2 unspecified atom stereocenters. The maximum atomic E-state index is 6.26. The molecule has 3 aliphatic rings. The molecular formula is C30H42B2O4. The van der Waals surface area contributed by atoms with E-state index in [9.17, 15) is 0 Å². The van der Waals surface area contributed by atoms with Crippen LogP contribution in [0.2, 0.25) is 0 Å². The van der Waals surface area contributed by atoms with E-state index in [-0.39, 0.29) is 36.6 Å². The Morgan fingerprint density at radius 1 is 0.500 bits per heavy atom. The molecule has 2 saturated heterocycles. The molecular weight excluding hydrogens is 446 g/mol. The first-order chi connectivity index (χ1) is 16.8. The highest BCUT2D eigenvalue weighted by Crippen LogP contribution is 2.44. The molecule has 2 heterocycles. The van der Waals surface area contributed by atoms with Crippen LogP contribution in [-0.2, 0) is 18.6 Å². The van der Waals surface area contributed by atoms with Crippen LogP contribution in [0.1, 0.15) is 104 Å². The third-order valence-electron chi connectivity index (χ3n) is 9.55. The zero-order chi connectivity index (χ0) is 25.9. The van der Waals surface area contributed by atoms with Gasteiger partial charge in [0.05, 0.1) is 22.4 Å². The lowest BCUT2D eigenvalue weighted by Crippen LogP contribution is -2.41. The van der Waals surface area contributed by atoms with Gasteiger partial charge < -0.3 is 18.6 Å². The van der Waals surface area contributed by atoms with Crippen LogP contribution in [-0.4, -0.2) is 36.6 Å². The molecule has 6 heteroatoms.